The average molecular weight is 457 g/mol. The summed E-state index contributed by atoms with van der Waals surface area (Å²) in [6.07, 6.45) is 1.76. The molecule has 0 aliphatic heterocycles. The molecule has 1 amide bonds. The maximum atomic E-state index is 12.5. The van der Waals surface area contributed by atoms with E-state index in [1.165, 1.54) is 0 Å². The van der Waals surface area contributed by atoms with Crippen LogP contribution in [0.4, 0.5) is 5.82 Å². The van der Waals surface area contributed by atoms with E-state index >= 15 is 0 Å². The number of nitriles is 1. The summed E-state index contributed by atoms with van der Waals surface area (Å²) in [6, 6.07) is 18.8. The van der Waals surface area contributed by atoms with Gasteiger partial charge in [-0.15, -0.1) is 0 Å². The number of halogens is 1. The van der Waals surface area contributed by atoms with Crippen molar-refractivity contribution in [2.75, 3.05) is 18.4 Å². The Hall–Kier alpha value is -3.83. The van der Waals surface area contributed by atoms with Crippen LogP contribution in [0.1, 0.15) is 28.8 Å². The largest absolute Gasteiger partial charge is 0.368 e. The topological polar surface area (TPSA) is 95.1 Å². The quantitative estimate of drug-likeness (QED) is 0.329. The second-order valence-electron chi connectivity index (χ2n) is 7.73. The van der Waals surface area contributed by atoms with Crippen molar-refractivity contribution in [3.05, 3.63) is 76.9 Å². The van der Waals surface area contributed by atoms with E-state index in [0.717, 1.165) is 33.7 Å². The summed E-state index contributed by atoms with van der Waals surface area (Å²) in [7, 11) is 1.96. The van der Waals surface area contributed by atoms with E-state index in [1.54, 1.807) is 28.9 Å². The number of anilines is 1. The molecule has 1 unspecified atom stereocenters. The summed E-state index contributed by atoms with van der Waals surface area (Å²) < 4.78 is 1.74. The molecule has 0 bridgehead atoms. The molecule has 4 rings (SSSR count). The van der Waals surface area contributed by atoms with Crippen molar-refractivity contribution in [1.82, 2.24) is 19.9 Å². The van der Waals surface area contributed by atoms with Crippen molar-refractivity contribution in [3.8, 4) is 17.3 Å². The lowest BCUT2D eigenvalue weighted by Crippen LogP contribution is -2.29. The number of rotatable bonds is 7. The monoisotopic (exact) mass is 456 g/mol. The summed E-state index contributed by atoms with van der Waals surface area (Å²) in [5.41, 5.74) is 4.62. The summed E-state index contributed by atoms with van der Waals surface area (Å²) >= 11 is 6.39. The zero-order valence-corrected chi connectivity index (χ0v) is 19.1. The van der Waals surface area contributed by atoms with Crippen LogP contribution in [0.15, 0.2) is 60.8 Å². The smallest absolute Gasteiger partial charge is 0.251 e. The van der Waals surface area contributed by atoms with Gasteiger partial charge in [-0.3, -0.25) is 4.79 Å². The maximum Gasteiger partial charge on any atom is 0.251 e. The van der Waals surface area contributed by atoms with Gasteiger partial charge in [-0.1, -0.05) is 41.9 Å². The van der Waals surface area contributed by atoms with Crippen molar-refractivity contribution in [2.24, 2.45) is 0 Å². The lowest BCUT2D eigenvalue weighted by atomic mass is 10.0. The number of amides is 1. The standard InChI is InChI=1S/C24H22BClN6O/c1-15(13-27)16-5-4-6-17(11-16)24(33)29-10-9-28-22-12-21(18-7-2-3-8-20(18)26)31-23-19(25)14-30-32(22)23/h2-8,11-12,14-15,28H,9-10,25H2,1H3,(H,29,33). The van der Waals surface area contributed by atoms with Crippen LogP contribution in [0, 0.1) is 11.3 Å². The highest BCUT2D eigenvalue weighted by Gasteiger charge is 2.13. The molecule has 0 spiro atoms. The molecule has 2 N–H and O–H groups in total. The first-order valence-electron chi connectivity index (χ1n) is 10.6. The molecule has 1 atom stereocenters. The van der Waals surface area contributed by atoms with Crippen molar-refractivity contribution in [1.29, 1.82) is 5.26 Å². The second kappa shape index (κ2) is 9.76. The number of carbonyl (C=O) groups is 1. The minimum atomic E-state index is -0.265. The first-order valence-corrected chi connectivity index (χ1v) is 11.0. The highest BCUT2D eigenvalue weighted by molar-refractivity contribution is 6.36. The number of hydrogen-bond donors (Lipinski definition) is 2. The summed E-state index contributed by atoms with van der Waals surface area (Å²) in [5.74, 6) is 0.302. The molecule has 2 aromatic heterocycles. The SMILES string of the molecule is Bc1cnn2c(NCCNC(=O)c3cccc(C(C)C#N)c3)cc(-c3ccccc3Cl)nc12. The number of nitrogens with zero attached hydrogens (tertiary/aromatic N) is 4. The third kappa shape index (κ3) is 4.84. The predicted molar refractivity (Wildman–Crippen MR) is 133 cm³/mol. The summed E-state index contributed by atoms with van der Waals surface area (Å²) in [6.45, 7) is 2.70. The highest BCUT2D eigenvalue weighted by atomic mass is 35.5. The van der Waals surface area contributed by atoms with E-state index in [9.17, 15) is 4.79 Å². The lowest BCUT2D eigenvalue weighted by Gasteiger charge is -2.12. The van der Waals surface area contributed by atoms with Crippen LogP contribution >= 0.6 is 11.6 Å². The normalized spacial score (nSPS) is 11.7. The van der Waals surface area contributed by atoms with E-state index < -0.39 is 0 Å². The molecule has 164 valence electrons. The summed E-state index contributed by atoms with van der Waals surface area (Å²) in [4.78, 5) is 17.3. The Morgan fingerprint density at radius 3 is 2.82 bits per heavy atom. The molecule has 0 radical (unpaired) electrons. The van der Waals surface area contributed by atoms with E-state index in [0.29, 0.717) is 23.7 Å². The fourth-order valence-corrected chi connectivity index (χ4v) is 3.73. The van der Waals surface area contributed by atoms with E-state index in [4.69, 9.17) is 21.8 Å². The minimum Gasteiger partial charge on any atom is -0.368 e. The van der Waals surface area contributed by atoms with Gasteiger partial charge in [-0.05, 0) is 36.1 Å². The van der Waals surface area contributed by atoms with Gasteiger partial charge in [0, 0.05) is 41.5 Å². The Bertz CT molecular complexity index is 1360. The number of benzene rings is 2. The number of fused-ring (bicyclic) bond motifs is 1. The van der Waals surface area contributed by atoms with Crippen LogP contribution in [-0.2, 0) is 0 Å². The molecule has 33 heavy (non-hydrogen) atoms. The lowest BCUT2D eigenvalue weighted by molar-refractivity contribution is 0.0955. The van der Waals surface area contributed by atoms with Crippen LogP contribution < -0.4 is 16.1 Å². The van der Waals surface area contributed by atoms with Gasteiger partial charge in [0.1, 0.15) is 13.7 Å². The van der Waals surface area contributed by atoms with Gasteiger partial charge in [-0.25, -0.2) is 4.98 Å². The van der Waals surface area contributed by atoms with Crippen LogP contribution in [0.5, 0.6) is 0 Å². The van der Waals surface area contributed by atoms with E-state index in [-0.39, 0.29) is 11.8 Å². The Morgan fingerprint density at radius 1 is 1.21 bits per heavy atom. The Labute approximate surface area is 197 Å². The third-order valence-electron chi connectivity index (χ3n) is 5.36. The Kier molecular flexibility index (Phi) is 6.62. The third-order valence-corrected chi connectivity index (χ3v) is 5.69. The van der Waals surface area contributed by atoms with Crippen LogP contribution in [0.3, 0.4) is 0 Å². The van der Waals surface area contributed by atoms with Gasteiger partial charge in [0.25, 0.3) is 5.91 Å². The molecule has 7 nitrogen and oxygen atoms in total. The number of hydrogen-bond acceptors (Lipinski definition) is 5. The predicted octanol–water partition coefficient (Wildman–Crippen LogP) is 2.78. The fraction of sp³-hybridized carbons (Fsp3) is 0.167. The molecule has 0 saturated heterocycles. The first-order chi connectivity index (χ1) is 16.0. The molecule has 0 aliphatic rings. The molecule has 0 fully saturated rings. The first kappa shape index (κ1) is 22.4. The second-order valence-corrected chi connectivity index (χ2v) is 8.14. The molecule has 2 aromatic carbocycles. The summed E-state index contributed by atoms with van der Waals surface area (Å²) in [5, 5.41) is 20.4. The van der Waals surface area contributed by atoms with E-state index in [1.807, 2.05) is 51.2 Å². The molecule has 0 aliphatic carbocycles. The molecule has 9 heteroatoms. The van der Waals surface area contributed by atoms with Crippen molar-refractivity contribution in [3.63, 3.8) is 0 Å². The van der Waals surface area contributed by atoms with Gasteiger partial charge in [-0.2, -0.15) is 14.9 Å². The number of nitrogens with one attached hydrogen (secondary N) is 2. The maximum absolute atomic E-state index is 12.5. The van der Waals surface area contributed by atoms with Crippen LogP contribution in [-0.4, -0.2) is 41.4 Å². The average Bonchev–Trinajstić information content (AvgIpc) is 3.22. The molecule has 4 aromatic rings. The van der Waals surface area contributed by atoms with Crippen molar-refractivity contribution < 1.29 is 4.79 Å². The zero-order valence-electron chi connectivity index (χ0n) is 18.3. The van der Waals surface area contributed by atoms with Crippen molar-refractivity contribution in [2.45, 2.75) is 12.8 Å². The van der Waals surface area contributed by atoms with E-state index in [2.05, 4.69) is 21.8 Å². The van der Waals surface area contributed by atoms with Gasteiger partial charge >= 0.3 is 0 Å². The Balaban J connectivity index is 1.47. The van der Waals surface area contributed by atoms with Crippen LogP contribution in [0.2, 0.25) is 5.02 Å². The fourth-order valence-electron chi connectivity index (χ4n) is 3.50. The highest BCUT2D eigenvalue weighted by Crippen LogP contribution is 2.28. The number of carbonyl (C=O) groups excluding carboxylic acids is 1. The molecular weight excluding hydrogens is 435 g/mol. The number of aromatic nitrogens is 3. The molecular formula is C24H22BClN6O. The van der Waals surface area contributed by atoms with Gasteiger partial charge in [0.2, 0.25) is 0 Å². The molecule has 2 heterocycles. The van der Waals surface area contributed by atoms with Crippen LogP contribution in [0.25, 0.3) is 16.9 Å². The van der Waals surface area contributed by atoms with Gasteiger partial charge in [0.15, 0.2) is 5.65 Å². The Morgan fingerprint density at radius 2 is 2.03 bits per heavy atom. The molecule has 0 saturated carbocycles. The zero-order chi connectivity index (χ0) is 23.4. The van der Waals surface area contributed by atoms with Crippen molar-refractivity contribution >= 4 is 42.3 Å². The minimum absolute atomic E-state index is 0.185. The van der Waals surface area contributed by atoms with Gasteiger partial charge in [0.05, 0.1) is 17.7 Å². The van der Waals surface area contributed by atoms with Gasteiger partial charge < -0.3 is 10.6 Å².